The van der Waals surface area contributed by atoms with Crippen molar-refractivity contribution in [3.63, 3.8) is 0 Å². The third-order valence-electron chi connectivity index (χ3n) is 10.4. The fourth-order valence-corrected chi connectivity index (χ4v) is 24.1. The molecule has 1 aliphatic heterocycles. The van der Waals surface area contributed by atoms with Gasteiger partial charge in [0.15, 0.2) is 0 Å². The van der Waals surface area contributed by atoms with E-state index < -0.39 is 32.1 Å². The summed E-state index contributed by atoms with van der Waals surface area (Å²) in [4.78, 5) is 5.35. The molecule has 53 heavy (non-hydrogen) atoms. The SMILES string of the molecule is CC(C)c1cccc(C(C)C)c1N1C=CN(c2c(C(C)C)cccc2C(C)C)B1/C(=[C](\[Ge][N]([Si](C)(C)C)[Si](C)(C)C)c1ccccc1)c1ccccc1. The number of hydrogen-bond donors (Lipinski definition) is 0. The molecule has 0 atom stereocenters. The zero-order chi connectivity index (χ0) is 38.8. The molecule has 4 aromatic rings. The monoisotopic (exact) mass is 799 g/mol. The van der Waals surface area contributed by atoms with Gasteiger partial charge in [-0.2, -0.15) is 0 Å². The van der Waals surface area contributed by atoms with E-state index in [1.807, 2.05) is 0 Å². The molecule has 1 heterocycles. The van der Waals surface area contributed by atoms with Crippen LogP contribution in [0.3, 0.4) is 0 Å². The first-order chi connectivity index (χ1) is 24.9. The first-order valence-electron chi connectivity index (χ1n) is 19.9. The summed E-state index contributed by atoms with van der Waals surface area (Å²) in [5, 5.41) is 0. The average Bonchev–Trinajstić information content (AvgIpc) is 3.52. The molecule has 0 spiro atoms. The van der Waals surface area contributed by atoms with Crippen molar-refractivity contribution in [1.82, 2.24) is 3.19 Å². The van der Waals surface area contributed by atoms with E-state index in [2.05, 4.69) is 217 Å². The number of rotatable bonds is 13. The van der Waals surface area contributed by atoms with E-state index >= 15 is 0 Å². The summed E-state index contributed by atoms with van der Waals surface area (Å²) in [5.74, 6) is 1.51. The summed E-state index contributed by atoms with van der Waals surface area (Å²) >= 11 is -0.757. The maximum atomic E-state index is 3.09. The Kier molecular flexibility index (Phi) is 13.0. The van der Waals surface area contributed by atoms with Crippen LogP contribution in [0.25, 0.3) is 9.88 Å². The molecule has 2 radical (unpaired) electrons. The van der Waals surface area contributed by atoms with Gasteiger partial charge in [-0.25, -0.2) is 0 Å². The van der Waals surface area contributed by atoms with Gasteiger partial charge >= 0.3 is 334 Å². The normalized spacial score (nSPS) is 14.5. The molecular weight excluding hydrogens is 734 g/mol. The Balaban J connectivity index is 2.00. The van der Waals surface area contributed by atoms with Crippen LogP contribution >= 0.6 is 0 Å². The van der Waals surface area contributed by atoms with E-state index in [-0.39, 0.29) is 6.98 Å². The number of benzene rings is 4. The predicted molar refractivity (Wildman–Crippen MR) is 243 cm³/mol. The van der Waals surface area contributed by atoms with Crippen LogP contribution in [-0.2, 0) is 0 Å². The molecule has 0 saturated carbocycles. The van der Waals surface area contributed by atoms with Crippen molar-refractivity contribution in [1.29, 1.82) is 0 Å². The van der Waals surface area contributed by atoms with Crippen LogP contribution in [0.1, 0.15) is 112 Å². The summed E-state index contributed by atoms with van der Waals surface area (Å²) in [7, 11) is -3.38. The van der Waals surface area contributed by atoms with Gasteiger partial charge < -0.3 is 0 Å². The van der Waals surface area contributed by atoms with Crippen LogP contribution in [0.4, 0.5) is 11.4 Å². The van der Waals surface area contributed by atoms with Gasteiger partial charge in [-0.05, 0) is 0 Å². The fraction of sp³-hybridized carbons (Fsp3) is 0.391. The summed E-state index contributed by atoms with van der Waals surface area (Å²) in [6.07, 6.45) is 4.83. The van der Waals surface area contributed by atoms with Crippen molar-refractivity contribution < 1.29 is 0 Å². The van der Waals surface area contributed by atoms with Gasteiger partial charge in [-0.3, -0.25) is 0 Å². The molecule has 0 saturated heterocycles. The first kappa shape index (κ1) is 41.1. The van der Waals surface area contributed by atoms with Crippen LogP contribution in [0, 0.1) is 0 Å². The van der Waals surface area contributed by atoms with Crippen LogP contribution in [0.2, 0.25) is 39.3 Å². The second kappa shape index (κ2) is 16.8. The van der Waals surface area contributed by atoms with Gasteiger partial charge in [0.05, 0.1) is 0 Å². The number of hydrogen-bond acceptors (Lipinski definition) is 3. The summed E-state index contributed by atoms with van der Waals surface area (Å²) in [6.45, 7) is 34.2. The summed E-state index contributed by atoms with van der Waals surface area (Å²) in [5.41, 5.74) is 12.5. The Morgan fingerprint density at radius 3 is 1.15 bits per heavy atom. The van der Waals surface area contributed by atoms with Gasteiger partial charge in [-0.15, -0.1) is 0 Å². The number of nitrogens with zero attached hydrogens (tertiary/aromatic N) is 3. The van der Waals surface area contributed by atoms with Gasteiger partial charge in [0.1, 0.15) is 0 Å². The molecule has 0 aromatic heterocycles. The predicted octanol–water partition coefficient (Wildman–Crippen LogP) is 13.2. The quantitative estimate of drug-likeness (QED) is 0.0985. The first-order valence-corrected chi connectivity index (χ1v) is 28.7. The number of anilines is 2. The van der Waals surface area contributed by atoms with E-state index in [4.69, 9.17) is 0 Å². The molecule has 0 N–H and O–H groups in total. The molecule has 5 rings (SSSR count). The standard InChI is InChI=1S/C46H64BGeN3Si2/c1-33(2)39-27-21-28-40(34(3)4)45(39)49-31-32-50(46-41(35(5)6)29-22-30-42(46)36(7)8)47(49)43(37-23-17-15-18-24-37)44(38-25-19-16-20-26-38)48-51(52(9,10)11)53(12,13)14/h15-36H,1-14H3/b44-43-. The molecule has 4 aromatic carbocycles. The molecule has 0 fully saturated rings. The minimum atomic E-state index is -1.69. The van der Waals surface area contributed by atoms with Gasteiger partial charge in [0, 0.05) is 0 Å². The van der Waals surface area contributed by atoms with Crippen molar-refractivity contribution in [2.75, 3.05) is 9.62 Å². The maximum absolute atomic E-state index is 3.09. The Bertz CT molecular complexity index is 1770. The average molecular weight is 799 g/mol. The Labute approximate surface area is 332 Å². The van der Waals surface area contributed by atoms with Crippen molar-refractivity contribution in [2.24, 2.45) is 0 Å². The minimum absolute atomic E-state index is 0.0868. The molecule has 7 heteroatoms. The topological polar surface area (TPSA) is 9.72 Å². The Hall–Kier alpha value is -3.04. The van der Waals surface area contributed by atoms with E-state index in [1.54, 1.807) is 4.41 Å². The Morgan fingerprint density at radius 2 is 0.830 bits per heavy atom. The van der Waals surface area contributed by atoms with Crippen molar-refractivity contribution in [3.8, 4) is 0 Å². The van der Waals surface area contributed by atoms with Gasteiger partial charge in [0.25, 0.3) is 0 Å². The second-order valence-electron chi connectivity index (χ2n) is 18.0. The zero-order valence-corrected chi connectivity index (χ0v) is 39.2. The van der Waals surface area contributed by atoms with Crippen molar-refractivity contribution in [3.05, 3.63) is 143 Å². The second-order valence-corrected chi connectivity index (χ2v) is 32.3. The molecule has 0 bridgehead atoms. The van der Waals surface area contributed by atoms with Crippen molar-refractivity contribution >= 4 is 60.4 Å². The Morgan fingerprint density at radius 1 is 0.491 bits per heavy atom. The van der Waals surface area contributed by atoms with Crippen LogP contribution in [0.5, 0.6) is 0 Å². The molecule has 0 aliphatic carbocycles. The molecule has 0 amide bonds. The summed E-state index contributed by atoms with van der Waals surface area (Å²) in [6, 6.07) is 36.9. The molecule has 278 valence electrons. The van der Waals surface area contributed by atoms with Crippen LogP contribution < -0.4 is 9.62 Å². The third-order valence-corrected chi connectivity index (χ3v) is 28.8. The van der Waals surface area contributed by atoms with Crippen LogP contribution in [-0.4, -0.2) is 42.3 Å². The fourth-order valence-electron chi connectivity index (χ4n) is 8.11. The van der Waals surface area contributed by atoms with Crippen molar-refractivity contribution in [2.45, 2.75) is 118 Å². The van der Waals surface area contributed by atoms with E-state index in [0.29, 0.717) is 23.7 Å². The molecule has 1 aliphatic rings. The summed E-state index contributed by atoms with van der Waals surface area (Å²) < 4.78 is 4.64. The van der Waals surface area contributed by atoms with E-state index in [0.717, 1.165) is 0 Å². The third kappa shape index (κ3) is 8.93. The molecule has 0 unspecified atom stereocenters. The molecule has 3 nitrogen and oxygen atoms in total. The number of para-hydroxylation sites is 2. The van der Waals surface area contributed by atoms with Crippen LogP contribution in [0.15, 0.2) is 109 Å². The van der Waals surface area contributed by atoms with E-state index in [9.17, 15) is 0 Å². The van der Waals surface area contributed by atoms with Gasteiger partial charge in [-0.1, -0.05) is 0 Å². The van der Waals surface area contributed by atoms with E-state index in [1.165, 1.54) is 50.2 Å². The zero-order valence-electron chi connectivity index (χ0n) is 35.1. The van der Waals surface area contributed by atoms with Gasteiger partial charge in [0.2, 0.25) is 0 Å². The molecular formula is C46H64BGeN3Si2.